The molecule has 1 aliphatic rings. The number of halogens is 1. The van der Waals surface area contributed by atoms with Crippen LogP contribution in [0.15, 0.2) is 29.6 Å². The van der Waals surface area contributed by atoms with Crippen molar-refractivity contribution >= 4 is 29.0 Å². The van der Waals surface area contributed by atoms with Crippen LogP contribution in [0.3, 0.4) is 0 Å². The number of aliphatic carboxylic acids is 1. The van der Waals surface area contributed by atoms with Crippen LogP contribution in [0.25, 0.3) is 16.8 Å². The van der Waals surface area contributed by atoms with Gasteiger partial charge in [-0.2, -0.15) is 5.10 Å². The molecule has 164 valence electrons. The summed E-state index contributed by atoms with van der Waals surface area (Å²) in [6, 6.07) is 0.817. The van der Waals surface area contributed by atoms with E-state index in [-0.39, 0.29) is 11.6 Å². The molecule has 0 spiro atoms. The van der Waals surface area contributed by atoms with E-state index >= 15 is 0 Å². The first-order valence-corrected chi connectivity index (χ1v) is 10.4. The number of nitrogens with one attached hydrogen (secondary N) is 1. The van der Waals surface area contributed by atoms with Gasteiger partial charge in [0.25, 0.3) is 5.56 Å². The summed E-state index contributed by atoms with van der Waals surface area (Å²) in [6.45, 7) is 1.42. The van der Waals surface area contributed by atoms with Crippen LogP contribution in [0.5, 0.6) is 0 Å². The minimum atomic E-state index is -1.12. The number of carbonyl (C=O) groups is 1. The monoisotopic (exact) mass is 446 g/mol. The predicted octanol–water partition coefficient (Wildman–Crippen LogP) is 2.62. The third kappa shape index (κ3) is 4.26. The van der Waals surface area contributed by atoms with Gasteiger partial charge < -0.3 is 15.2 Å². The number of ether oxygens (including phenoxy) is 1. The van der Waals surface area contributed by atoms with E-state index in [9.17, 15) is 14.7 Å². The van der Waals surface area contributed by atoms with Crippen molar-refractivity contribution in [2.24, 2.45) is 0 Å². The highest BCUT2D eigenvalue weighted by Gasteiger charge is 2.22. The van der Waals surface area contributed by atoms with Gasteiger partial charge in [0.05, 0.1) is 23.0 Å². The second kappa shape index (κ2) is 8.64. The topological polar surface area (TPSA) is 124 Å². The van der Waals surface area contributed by atoms with Crippen molar-refractivity contribution in [2.45, 2.75) is 50.8 Å². The summed E-state index contributed by atoms with van der Waals surface area (Å²) >= 11 is 6.34. The molecule has 1 aliphatic carbocycles. The Labute approximate surface area is 182 Å². The highest BCUT2D eigenvalue weighted by atomic mass is 35.5. The second-order valence-corrected chi connectivity index (χ2v) is 8.07. The molecule has 4 rings (SSSR count). The van der Waals surface area contributed by atoms with Gasteiger partial charge in [0.1, 0.15) is 17.9 Å². The summed E-state index contributed by atoms with van der Waals surface area (Å²) in [7, 11) is 1.74. The van der Waals surface area contributed by atoms with Crippen molar-refractivity contribution in [1.29, 1.82) is 0 Å². The van der Waals surface area contributed by atoms with Gasteiger partial charge in [0, 0.05) is 24.9 Å². The molecule has 0 bridgehead atoms. The fourth-order valence-corrected chi connectivity index (χ4v) is 3.99. The zero-order valence-electron chi connectivity index (χ0n) is 17.2. The number of carboxylic acids is 1. The molecule has 0 amide bonds. The van der Waals surface area contributed by atoms with Crippen molar-refractivity contribution in [3.05, 3.63) is 40.2 Å². The number of methoxy groups -OCH3 is 1. The van der Waals surface area contributed by atoms with Crippen molar-refractivity contribution in [3.63, 3.8) is 0 Å². The summed E-state index contributed by atoms with van der Waals surface area (Å²) in [4.78, 5) is 32.8. The smallest absolute Gasteiger partial charge is 0.326 e. The van der Waals surface area contributed by atoms with Gasteiger partial charge in [-0.15, -0.1) is 0 Å². The van der Waals surface area contributed by atoms with Crippen molar-refractivity contribution in [1.82, 2.24) is 24.1 Å². The Morgan fingerprint density at radius 3 is 2.77 bits per heavy atom. The lowest BCUT2D eigenvalue weighted by molar-refractivity contribution is -0.140. The largest absolute Gasteiger partial charge is 0.480 e. The molecule has 0 saturated heterocycles. The van der Waals surface area contributed by atoms with E-state index in [4.69, 9.17) is 16.3 Å². The Bertz CT molecular complexity index is 1170. The summed E-state index contributed by atoms with van der Waals surface area (Å²) < 4.78 is 7.88. The van der Waals surface area contributed by atoms with E-state index in [1.807, 2.05) is 0 Å². The molecule has 0 radical (unpaired) electrons. The van der Waals surface area contributed by atoms with Crippen LogP contribution in [0, 0.1) is 0 Å². The van der Waals surface area contributed by atoms with Gasteiger partial charge in [0.2, 0.25) is 5.95 Å². The second-order valence-electron chi connectivity index (χ2n) is 7.66. The minimum Gasteiger partial charge on any atom is -0.480 e. The first kappa shape index (κ1) is 21.3. The fourth-order valence-electron chi connectivity index (χ4n) is 3.79. The Hall–Kier alpha value is -2.98. The van der Waals surface area contributed by atoms with E-state index < -0.39 is 17.6 Å². The summed E-state index contributed by atoms with van der Waals surface area (Å²) in [5.74, 6) is -0.658. The van der Waals surface area contributed by atoms with Crippen LogP contribution in [0.4, 0.5) is 5.95 Å². The lowest BCUT2D eigenvalue weighted by atomic mass is 9.93. The van der Waals surface area contributed by atoms with E-state index in [0.717, 1.165) is 30.3 Å². The lowest BCUT2D eigenvalue weighted by Crippen LogP contribution is -2.29. The average molecular weight is 447 g/mol. The molecule has 1 unspecified atom stereocenters. The Kier molecular flexibility index (Phi) is 5.92. The van der Waals surface area contributed by atoms with Gasteiger partial charge in [0.15, 0.2) is 0 Å². The molecule has 1 atom stereocenters. The van der Waals surface area contributed by atoms with Crippen molar-refractivity contribution in [2.75, 3.05) is 12.4 Å². The van der Waals surface area contributed by atoms with Crippen LogP contribution in [0.2, 0.25) is 5.02 Å². The molecule has 1 fully saturated rings. The first-order chi connectivity index (χ1) is 14.9. The zero-order chi connectivity index (χ0) is 22.1. The SMILES string of the molecule is CO[C@H]1CC[C@H](Nc2ncc(Cl)c(-c3cc4c(=O)n(C(C)C(=O)O)cnn4c3)n2)CC1. The molecule has 0 aromatic carbocycles. The summed E-state index contributed by atoms with van der Waals surface area (Å²) in [6.07, 6.45) is 8.54. The van der Waals surface area contributed by atoms with Gasteiger partial charge >= 0.3 is 5.97 Å². The molecule has 1 saturated carbocycles. The Balaban J connectivity index is 1.63. The Morgan fingerprint density at radius 1 is 1.35 bits per heavy atom. The van der Waals surface area contributed by atoms with Crippen LogP contribution in [0.1, 0.15) is 38.6 Å². The number of hydrogen-bond donors (Lipinski definition) is 2. The molecule has 3 aromatic heterocycles. The first-order valence-electron chi connectivity index (χ1n) is 10.0. The molecule has 3 aromatic rings. The maximum absolute atomic E-state index is 12.7. The average Bonchev–Trinajstić information content (AvgIpc) is 3.20. The summed E-state index contributed by atoms with van der Waals surface area (Å²) in [5.41, 5.74) is 0.818. The van der Waals surface area contributed by atoms with E-state index in [1.165, 1.54) is 24.0 Å². The maximum Gasteiger partial charge on any atom is 0.326 e. The van der Waals surface area contributed by atoms with Gasteiger partial charge in [-0.3, -0.25) is 9.36 Å². The predicted molar refractivity (Wildman–Crippen MR) is 115 cm³/mol. The molecule has 2 N–H and O–H groups in total. The number of nitrogens with zero attached hydrogens (tertiary/aromatic N) is 5. The quantitative estimate of drug-likeness (QED) is 0.592. The van der Waals surface area contributed by atoms with Crippen LogP contribution >= 0.6 is 11.6 Å². The van der Waals surface area contributed by atoms with Gasteiger partial charge in [-0.25, -0.2) is 19.3 Å². The fraction of sp³-hybridized carbons (Fsp3) is 0.450. The standard InChI is InChI=1S/C20H23ClN6O4/c1-11(19(29)30)26-10-23-27-9-12(7-16(27)18(26)28)17-15(21)8-22-20(25-17)24-13-3-5-14(31-2)6-4-13/h7-11,13-14H,3-6H2,1-2H3,(H,29,30)(H,22,24,25)/t11?,13-,14-. The van der Waals surface area contributed by atoms with E-state index in [2.05, 4.69) is 20.4 Å². The number of aromatic nitrogens is 5. The highest BCUT2D eigenvalue weighted by Crippen LogP contribution is 2.29. The molecule has 0 aliphatic heterocycles. The maximum atomic E-state index is 12.7. The van der Waals surface area contributed by atoms with Crippen LogP contribution in [-0.4, -0.2) is 54.5 Å². The number of fused-ring (bicyclic) bond motifs is 1. The van der Waals surface area contributed by atoms with Gasteiger partial charge in [-0.1, -0.05) is 11.6 Å². The normalized spacial score (nSPS) is 20.0. The van der Waals surface area contributed by atoms with Crippen molar-refractivity contribution in [3.8, 4) is 11.3 Å². The Morgan fingerprint density at radius 2 is 2.10 bits per heavy atom. The lowest BCUT2D eigenvalue weighted by Gasteiger charge is -2.28. The number of hydrogen-bond acceptors (Lipinski definition) is 7. The van der Waals surface area contributed by atoms with Crippen molar-refractivity contribution < 1.29 is 14.6 Å². The van der Waals surface area contributed by atoms with E-state index in [1.54, 1.807) is 19.4 Å². The number of carboxylic acid groups (broad SMARTS) is 1. The third-order valence-corrected chi connectivity index (χ3v) is 5.96. The molecule has 10 nitrogen and oxygen atoms in total. The van der Waals surface area contributed by atoms with E-state index in [0.29, 0.717) is 28.3 Å². The van der Waals surface area contributed by atoms with Gasteiger partial charge in [-0.05, 0) is 38.7 Å². The zero-order valence-corrected chi connectivity index (χ0v) is 17.9. The third-order valence-electron chi connectivity index (χ3n) is 5.69. The summed E-state index contributed by atoms with van der Waals surface area (Å²) in [5, 5.41) is 17.0. The van der Waals surface area contributed by atoms with Crippen LogP contribution in [-0.2, 0) is 9.53 Å². The van der Waals surface area contributed by atoms with Crippen LogP contribution < -0.4 is 10.9 Å². The molecule has 31 heavy (non-hydrogen) atoms. The number of rotatable bonds is 6. The molecular formula is C20H23ClN6O4. The molecular weight excluding hydrogens is 424 g/mol. The number of anilines is 1. The molecule has 11 heteroatoms. The molecule has 3 heterocycles. The highest BCUT2D eigenvalue weighted by molar-refractivity contribution is 6.32. The minimum absolute atomic E-state index is 0.229.